The lowest BCUT2D eigenvalue weighted by Crippen LogP contribution is -2.24. The molecule has 1 fully saturated rings. The van der Waals surface area contributed by atoms with Crippen LogP contribution in [-0.4, -0.2) is 44.1 Å². The maximum atomic E-state index is 12.0. The molecule has 1 aliphatic heterocycles. The van der Waals surface area contributed by atoms with E-state index in [4.69, 9.17) is 9.47 Å². The molecule has 0 bridgehead atoms. The van der Waals surface area contributed by atoms with Crippen LogP contribution in [0.15, 0.2) is 22.9 Å². The van der Waals surface area contributed by atoms with Gasteiger partial charge in [0.2, 0.25) is 0 Å². The first kappa shape index (κ1) is 15.3. The van der Waals surface area contributed by atoms with E-state index in [0.29, 0.717) is 5.57 Å². The van der Waals surface area contributed by atoms with Gasteiger partial charge < -0.3 is 14.4 Å². The van der Waals surface area contributed by atoms with Gasteiger partial charge in [0.1, 0.15) is 0 Å². The molecule has 0 N–H and O–H groups in total. The van der Waals surface area contributed by atoms with Crippen LogP contribution in [0, 0.1) is 0 Å². The molecule has 0 amide bonds. The van der Waals surface area contributed by atoms with Crippen molar-refractivity contribution < 1.29 is 19.1 Å². The van der Waals surface area contributed by atoms with Crippen molar-refractivity contribution in [3.8, 4) is 0 Å². The smallest absolute Gasteiger partial charge is 0.340 e. The molecule has 1 heterocycles. The molecule has 1 rings (SSSR count). The third kappa shape index (κ3) is 3.36. The van der Waals surface area contributed by atoms with Crippen molar-refractivity contribution in [2.24, 2.45) is 0 Å². The number of likely N-dealkylation sites (tertiary alicyclic amines) is 1. The highest BCUT2D eigenvalue weighted by atomic mass is 16.5. The maximum absolute atomic E-state index is 12.0. The monoisotopic (exact) mass is 267 g/mol. The number of hydrogen-bond acceptors (Lipinski definition) is 5. The maximum Gasteiger partial charge on any atom is 0.340 e. The third-order valence-electron chi connectivity index (χ3n) is 3.30. The SMILES string of the molecule is C/C=C(C(=O)OC)\C(C(=O)OC)=C(/C)N1CCCC1. The van der Waals surface area contributed by atoms with Crippen LogP contribution in [-0.2, 0) is 19.1 Å². The van der Waals surface area contributed by atoms with Gasteiger partial charge in [0.25, 0.3) is 0 Å². The summed E-state index contributed by atoms with van der Waals surface area (Å²) < 4.78 is 9.52. The lowest BCUT2D eigenvalue weighted by Gasteiger charge is -2.22. The number of rotatable bonds is 4. The highest BCUT2D eigenvalue weighted by Crippen LogP contribution is 2.23. The number of carbonyl (C=O) groups is 2. The molecule has 0 aromatic carbocycles. The zero-order valence-corrected chi connectivity index (χ0v) is 12.0. The van der Waals surface area contributed by atoms with Crippen LogP contribution in [0.1, 0.15) is 26.7 Å². The zero-order valence-electron chi connectivity index (χ0n) is 12.0. The van der Waals surface area contributed by atoms with Gasteiger partial charge in [0.05, 0.1) is 25.4 Å². The molecule has 0 saturated carbocycles. The van der Waals surface area contributed by atoms with E-state index in [0.717, 1.165) is 31.6 Å². The van der Waals surface area contributed by atoms with E-state index in [2.05, 4.69) is 4.90 Å². The molecule has 1 aliphatic rings. The summed E-state index contributed by atoms with van der Waals surface area (Å²) in [6, 6.07) is 0. The first-order chi connectivity index (χ1) is 9.06. The van der Waals surface area contributed by atoms with Gasteiger partial charge >= 0.3 is 11.9 Å². The molecule has 0 unspecified atom stereocenters. The third-order valence-corrected chi connectivity index (χ3v) is 3.30. The van der Waals surface area contributed by atoms with Crippen molar-refractivity contribution in [2.45, 2.75) is 26.7 Å². The first-order valence-electron chi connectivity index (χ1n) is 6.36. The summed E-state index contributed by atoms with van der Waals surface area (Å²) in [6.07, 6.45) is 3.77. The number of ether oxygens (including phenoxy) is 2. The summed E-state index contributed by atoms with van der Waals surface area (Å²) in [5.74, 6) is -1.04. The van der Waals surface area contributed by atoms with E-state index in [1.165, 1.54) is 14.2 Å². The average Bonchev–Trinajstić information content (AvgIpc) is 2.96. The van der Waals surface area contributed by atoms with Gasteiger partial charge in [0.15, 0.2) is 0 Å². The Hall–Kier alpha value is -1.78. The van der Waals surface area contributed by atoms with Crippen molar-refractivity contribution in [3.63, 3.8) is 0 Å². The molecular weight excluding hydrogens is 246 g/mol. The fourth-order valence-corrected chi connectivity index (χ4v) is 2.24. The van der Waals surface area contributed by atoms with Crippen molar-refractivity contribution in [1.82, 2.24) is 4.90 Å². The number of allylic oxidation sites excluding steroid dienone is 2. The van der Waals surface area contributed by atoms with E-state index in [9.17, 15) is 9.59 Å². The summed E-state index contributed by atoms with van der Waals surface area (Å²) >= 11 is 0. The number of esters is 2. The second kappa shape index (κ2) is 6.97. The van der Waals surface area contributed by atoms with E-state index >= 15 is 0 Å². The van der Waals surface area contributed by atoms with Crippen LogP contribution in [0.4, 0.5) is 0 Å². The minimum absolute atomic E-state index is 0.249. The number of hydrogen-bond donors (Lipinski definition) is 0. The molecule has 0 atom stereocenters. The van der Waals surface area contributed by atoms with Gasteiger partial charge in [-0.05, 0) is 26.7 Å². The molecule has 5 nitrogen and oxygen atoms in total. The highest BCUT2D eigenvalue weighted by Gasteiger charge is 2.27. The summed E-state index contributed by atoms with van der Waals surface area (Å²) in [5, 5.41) is 0. The fraction of sp³-hybridized carbons (Fsp3) is 0.571. The predicted octanol–water partition coefficient (Wildman–Crippen LogP) is 1.65. The van der Waals surface area contributed by atoms with Gasteiger partial charge in [-0.2, -0.15) is 0 Å². The quantitative estimate of drug-likeness (QED) is 0.440. The van der Waals surface area contributed by atoms with Crippen LogP contribution in [0.5, 0.6) is 0 Å². The summed E-state index contributed by atoms with van der Waals surface area (Å²) in [5.41, 5.74) is 1.31. The van der Waals surface area contributed by atoms with E-state index < -0.39 is 11.9 Å². The predicted molar refractivity (Wildman–Crippen MR) is 71.3 cm³/mol. The number of methoxy groups -OCH3 is 2. The van der Waals surface area contributed by atoms with Crippen molar-refractivity contribution in [3.05, 3.63) is 22.9 Å². The van der Waals surface area contributed by atoms with Crippen molar-refractivity contribution in [1.29, 1.82) is 0 Å². The molecule has 0 radical (unpaired) electrons. The molecular formula is C14H21NO4. The van der Waals surface area contributed by atoms with Crippen LogP contribution in [0.2, 0.25) is 0 Å². The Labute approximate surface area is 113 Å². The molecule has 0 aromatic heterocycles. The lowest BCUT2D eigenvalue weighted by molar-refractivity contribution is -0.139. The normalized spacial score (nSPS) is 17.1. The van der Waals surface area contributed by atoms with Crippen LogP contribution in [0.25, 0.3) is 0 Å². The minimum Gasteiger partial charge on any atom is -0.465 e. The van der Waals surface area contributed by atoms with Crippen LogP contribution < -0.4 is 0 Å². The Morgan fingerprint density at radius 3 is 2.00 bits per heavy atom. The molecule has 1 saturated heterocycles. The Morgan fingerprint density at radius 2 is 1.58 bits per heavy atom. The second-order valence-electron chi connectivity index (χ2n) is 4.34. The Morgan fingerprint density at radius 1 is 1.05 bits per heavy atom. The average molecular weight is 267 g/mol. The largest absolute Gasteiger partial charge is 0.465 e. The van der Waals surface area contributed by atoms with Gasteiger partial charge in [-0.1, -0.05) is 6.08 Å². The first-order valence-corrected chi connectivity index (χ1v) is 6.36. The van der Waals surface area contributed by atoms with Gasteiger partial charge in [-0.25, -0.2) is 9.59 Å². The van der Waals surface area contributed by atoms with Crippen LogP contribution in [0.3, 0.4) is 0 Å². The second-order valence-corrected chi connectivity index (χ2v) is 4.34. The molecule has 106 valence electrons. The van der Waals surface area contributed by atoms with Crippen molar-refractivity contribution in [2.75, 3.05) is 27.3 Å². The summed E-state index contributed by atoms with van der Waals surface area (Å²) in [7, 11) is 2.61. The zero-order chi connectivity index (χ0) is 14.4. The molecule has 0 aliphatic carbocycles. The Kier molecular flexibility index (Phi) is 5.60. The van der Waals surface area contributed by atoms with E-state index in [1.54, 1.807) is 13.0 Å². The van der Waals surface area contributed by atoms with Gasteiger partial charge in [-0.15, -0.1) is 0 Å². The van der Waals surface area contributed by atoms with Gasteiger partial charge in [-0.3, -0.25) is 0 Å². The Bertz CT molecular complexity index is 417. The lowest BCUT2D eigenvalue weighted by atomic mass is 10.0. The molecule has 5 heteroatoms. The topological polar surface area (TPSA) is 55.8 Å². The molecule has 0 aromatic rings. The minimum atomic E-state index is -0.526. The Balaban J connectivity index is 3.23. The molecule has 0 spiro atoms. The fourth-order valence-electron chi connectivity index (χ4n) is 2.24. The number of carbonyl (C=O) groups excluding carboxylic acids is 2. The van der Waals surface area contributed by atoms with Crippen LogP contribution >= 0.6 is 0 Å². The highest BCUT2D eigenvalue weighted by molar-refractivity contribution is 6.07. The summed E-state index contributed by atoms with van der Waals surface area (Å²) in [6.45, 7) is 5.32. The van der Waals surface area contributed by atoms with E-state index in [1.807, 2.05) is 6.92 Å². The van der Waals surface area contributed by atoms with E-state index in [-0.39, 0.29) is 5.57 Å². The molecule has 19 heavy (non-hydrogen) atoms. The van der Waals surface area contributed by atoms with Gasteiger partial charge in [0, 0.05) is 18.8 Å². The number of nitrogens with zero attached hydrogens (tertiary/aromatic N) is 1. The summed E-state index contributed by atoms with van der Waals surface area (Å²) in [4.78, 5) is 25.8. The van der Waals surface area contributed by atoms with Crippen molar-refractivity contribution >= 4 is 11.9 Å². The standard InChI is InChI=1S/C14H21NO4/c1-5-11(13(16)18-3)12(14(17)19-4)10(2)15-8-6-7-9-15/h5H,6-9H2,1-4H3/b11-5+,12-10-.